The second-order valence-corrected chi connectivity index (χ2v) is 4.63. The Bertz CT molecular complexity index is 587. The van der Waals surface area contributed by atoms with Crippen LogP contribution in [-0.4, -0.2) is 23.6 Å². The predicted molar refractivity (Wildman–Crippen MR) is 77.8 cm³/mol. The lowest BCUT2D eigenvalue weighted by Crippen LogP contribution is -2.06. The maximum Gasteiger partial charge on any atom is 0.187 e. The zero-order chi connectivity index (χ0) is 14.5. The Kier molecular flexibility index (Phi) is 4.74. The molecule has 106 valence electrons. The second-order valence-electron chi connectivity index (χ2n) is 4.19. The number of anilines is 1. The molecule has 1 heterocycles. The molecule has 0 amide bonds. The Morgan fingerprint density at radius 3 is 2.75 bits per heavy atom. The standard InChI is InChI=1S/C14H15ClFN3O/c1-3-4-17-14-13(20-2)12(18-8-19-14)9-5-10(15)7-11(16)6-9/h5-8H,3-4H2,1-2H3,(H,17,18,19). The van der Waals surface area contributed by atoms with Gasteiger partial charge < -0.3 is 10.1 Å². The van der Waals surface area contributed by atoms with Crippen molar-refractivity contribution in [3.05, 3.63) is 35.4 Å². The molecule has 0 aliphatic carbocycles. The zero-order valence-electron chi connectivity index (χ0n) is 11.3. The highest BCUT2D eigenvalue weighted by Crippen LogP contribution is 2.34. The summed E-state index contributed by atoms with van der Waals surface area (Å²) in [6, 6.07) is 4.24. The fourth-order valence-corrected chi connectivity index (χ4v) is 2.05. The van der Waals surface area contributed by atoms with E-state index >= 15 is 0 Å². The third-order valence-corrected chi connectivity index (χ3v) is 2.90. The zero-order valence-corrected chi connectivity index (χ0v) is 12.0. The molecule has 0 saturated carbocycles. The molecule has 0 aliphatic rings. The SMILES string of the molecule is CCCNc1ncnc(-c2cc(F)cc(Cl)c2)c1OC. The molecule has 20 heavy (non-hydrogen) atoms. The topological polar surface area (TPSA) is 47.0 Å². The summed E-state index contributed by atoms with van der Waals surface area (Å²) in [5.41, 5.74) is 1.05. The van der Waals surface area contributed by atoms with Crippen LogP contribution in [0.25, 0.3) is 11.3 Å². The Morgan fingerprint density at radius 2 is 2.10 bits per heavy atom. The number of nitrogens with one attached hydrogen (secondary N) is 1. The van der Waals surface area contributed by atoms with Crippen molar-refractivity contribution >= 4 is 17.4 Å². The summed E-state index contributed by atoms with van der Waals surface area (Å²) in [5.74, 6) is 0.638. The van der Waals surface area contributed by atoms with Gasteiger partial charge in [-0.2, -0.15) is 0 Å². The molecule has 0 radical (unpaired) electrons. The van der Waals surface area contributed by atoms with Crippen molar-refractivity contribution in [3.63, 3.8) is 0 Å². The molecule has 0 saturated heterocycles. The number of hydrogen-bond acceptors (Lipinski definition) is 4. The molecule has 2 aromatic rings. The van der Waals surface area contributed by atoms with Crippen LogP contribution in [-0.2, 0) is 0 Å². The Hall–Kier alpha value is -1.88. The number of rotatable bonds is 5. The molecule has 0 spiro atoms. The first kappa shape index (κ1) is 14.5. The summed E-state index contributed by atoms with van der Waals surface area (Å²) >= 11 is 5.88. The first-order chi connectivity index (χ1) is 9.65. The molecule has 6 heteroatoms. The molecule has 0 bridgehead atoms. The Labute approximate surface area is 122 Å². The van der Waals surface area contributed by atoms with Crippen LogP contribution in [0.1, 0.15) is 13.3 Å². The molecule has 0 unspecified atom stereocenters. The second kappa shape index (κ2) is 6.52. The van der Waals surface area contributed by atoms with Crippen molar-refractivity contribution in [3.8, 4) is 17.0 Å². The average Bonchev–Trinajstić information content (AvgIpc) is 2.43. The predicted octanol–water partition coefficient (Wildman–Crippen LogP) is 3.77. The third-order valence-electron chi connectivity index (χ3n) is 2.69. The minimum absolute atomic E-state index is 0.309. The Morgan fingerprint density at radius 1 is 1.30 bits per heavy atom. The smallest absolute Gasteiger partial charge is 0.187 e. The largest absolute Gasteiger partial charge is 0.491 e. The van der Waals surface area contributed by atoms with Crippen molar-refractivity contribution in [1.82, 2.24) is 9.97 Å². The van der Waals surface area contributed by atoms with E-state index < -0.39 is 5.82 Å². The quantitative estimate of drug-likeness (QED) is 0.912. The van der Waals surface area contributed by atoms with Gasteiger partial charge in [-0.05, 0) is 24.6 Å². The molecule has 2 rings (SSSR count). The minimum Gasteiger partial charge on any atom is -0.491 e. The normalized spacial score (nSPS) is 10.4. The van der Waals surface area contributed by atoms with E-state index in [-0.39, 0.29) is 0 Å². The third kappa shape index (κ3) is 3.17. The van der Waals surface area contributed by atoms with E-state index in [0.717, 1.165) is 13.0 Å². The van der Waals surface area contributed by atoms with E-state index in [1.165, 1.54) is 25.6 Å². The van der Waals surface area contributed by atoms with E-state index in [1.54, 1.807) is 6.07 Å². The van der Waals surface area contributed by atoms with Crippen molar-refractivity contribution in [1.29, 1.82) is 0 Å². The molecular weight excluding hydrogens is 281 g/mol. The Balaban J connectivity index is 2.50. The van der Waals surface area contributed by atoms with Gasteiger partial charge in [0.05, 0.1) is 7.11 Å². The maximum atomic E-state index is 13.5. The van der Waals surface area contributed by atoms with Gasteiger partial charge in [0.1, 0.15) is 17.8 Å². The summed E-state index contributed by atoms with van der Waals surface area (Å²) < 4.78 is 18.8. The van der Waals surface area contributed by atoms with Gasteiger partial charge in [-0.1, -0.05) is 18.5 Å². The van der Waals surface area contributed by atoms with Crippen molar-refractivity contribution in [2.45, 2.75) is 13.3 Å². The first-order valence-corrected chi connectivity index (χ1v) is 6.62. The number of ether oxygens (including phenoxy) is 1. The van der Waals surface area contributed by atoms with Gasteiger partial charge in [0, 0.05) is 17.1 Å². The van der Waals surface area contributed by atoms with Crippen LogP contribution in [0.15, 0.2) is 24.5 Å². The van der Waals surface area contributed by atoms with Crippen LogP contribution in [0.5, 0.6) is 5.75 Å². The fourth-order valence-electron chi connectivity index (χ4n) is 1.83. The summed E-state index contributed by atoms with van der Waals surface area (Å²) in [6.45, 7) is 2.81. The van der Waals surface area contributed by atoms with E-state index in [1.807, 2.05) is 6.92 Å². The monoisotopic (exact) mass is 295 g/mol. The number of aromatic nitrogens is 2. The molecule has 0 fully saturated rings. The fraction of sp³-hybridized carbons (Fsp3) is 0.286. The summed E-state index contributed by atoms with van der Waals surface area (Å²) in [5, 5.41) is 3.46. The van der Waals surface area contributed by atoms with Crippen molar-refractivity contribution < 1.29 is 9.13 Å². The first-order valence-electron chi connectivity index (χ1n) is 6.25. The van der Waals surface area contributed by atoms with Gasteiger partial charge >= 0.3 is 0 Å². The molecule has 1 N–H and O–H groups in total. The lowest BCUT2D eigenvalue weighted by Gasteiger charge is -2.13. The van der Waals surface area contributed by atoms with Crippen LogP contribution in [0, 0.1) is 5.82 Å². The van der Waals surface area contributed by atoms with Crippen LogP contribution in [0.2, 0.25) is 5.02 Å². The van der Waals surface area contributed by atoms with Crippen LogP contribution < -0.4 is 10.1 Å². The van der Waals surface area contributed by atoms with Gasteiger partial charge in [-0.15, -0.1) is 0 Å². The van der Waals surface area contributed by atoms with E-state index in [2.05, 4.69) is 15.3 Å². The average molecular weight is 296 g/mol. The van der Waals surface area contributed by atoms with Crippen LogP contribution in [0.3, 0.4) is 0 Å². The van der Waals surface area contributed by atoms with E-state index in [4.69, 9.17) is 16.3 Å². The highest BCUT2D eigenvalue weighted by molar-refractivity contribution is 6.30. The van der Waals surface area contributed by atoms with E-state index in [9.17, 15) is 4.39 Å². The van der Waals surface area contributed by atoms with Gasteiger partial charge in [0.15, 0.2) is 11.6 Å². The van der Waals surface area contributed by atoms with Gasteiger partial charge in [-0.3, -0.25) is 0 Å². The number of halogens is 2. The number of hydrogen-bond donors (Lipinski definition) is 1. The number of methoxy groups -OCH3 is 1. The molecule has 0 aliphatic heterocycles. The van der Waals surface area contributed by atoms with Crippen LogP contribution >= 0.6 is 11.6 Å². The highest BCUT2D eigenvalue weighted by atomic mass is 35.5. The van der Waals surface area contributed by atoms with Crippen molar-refractivity contribution in [2.24, 2.45) is 0 Å². The van der Waals surface area contributed by atoms with Gasteiger partial charge in [0.2, 0.25) is 0 Å². The molecule has 1 aromatic heterocycles. The molecule has 4 nitrogen and oxygen atoms in total. The summed E-state index contributed by atoms with van der Waals surface area (Å²) in [6.07, 6.45) is 2.36. The maximum absolute atomic E-state index is 13.5. The number of nitrogens with zero attached hydrogens (tertiary/aromatic N) is 2. The minimum atomic E-state index is -0.420. The lowest BCUT2D eigenvalue weighted by atomic mass is 10.1. The number of benzene rings is 1. The van der Waals surface area contributed by atoms with Gasteiger partial charge in [-0.25, -0.2) is 14.4 Å². The molecule has 1 aromatic carbocycles. The van der Waals surface area contributed by atoms with Crippen molar-refractivity contribution in [2.75, 3.05) is 19.0 Å². The highest BCUT2D eigenvalue weighted by Gasteiger charge is 2.14. The molecule has 0 atom stereocenters. The lowest BCUT2D eigenvalue weighted by molar-refractivity contribution is 0.414. The summed E-state index contributed by atoms with van der Waals surface area (Å²) in [7, 11) is 1.53. The van der Waals surface area contributed by atoms with E-state index in [0.29, 0.717) is 27.8 Å². The summed E-state index contributed by atoms with van der Waals surface area (Å²) in [4.78, 5) is 8.31. The van der Waals surface area contributed by atoms with Gasteiger partial charge in [0.25, 0.3) is 0 Å². The molecular formula is C14H15ClFN3O. The van der Waals surface area contributed by atoms with Crippen LogP contribution in [0.4, 0.5) is 10.2 Å².